The molecule has 0 spiro atoms. The number of hydrogen-bond donors (Lipinski definition) is 1. The van der Waals surface area contributed by atoms with Gasteiger partial charge in [-0.05, 0) is 66.4 Å². The fourth-order valence-corrected chi connectivity index (χ4v) is 5.40. The molecule has 2 aliphatic rings. The summed E-state index contributed by atoms with van der Waals surface area (Å²) in [6, 6.07) is 21.1. The average Bonchev–Trinajstić information content (AvgIpc) is 2.91. The number of benzene rings is 3. The van der Waals surface area contributed by atoms with Gasteiger partial charge in [-0.15, -0.1) is 0 Å². The highest BCUT2D eigenvalue weighted by Crippen LogP contribution is 2.40. The summed E-state index contributed by atoms with van der Waals surface area (Å²) in [5.41, 5.74) is 2.57. The number of ether oxygens (including phenoxy) is 1. The van der Waals surface area contributed by atoms with Gasteiger partial charge in [0.05, 0.1) is 24.6 Å². The number of carbonyl (C=O) groups excluding carboxylic acids is 1. The van der Waals surface area contributed by atoms with Crippen LogP contribution in [-0.2, 0) is 23.8 Å². The molecule has 37 heavy (non-hydrogen) atoms. The topological polar surface area (TPSA) is 44.8 Å². The number of alkyl halides is 3. The SMILES string of the molecule is COc1ccc(NC(=O)[C@H]2Cc3cc(C(F)(F)F)ccc3N3CCN(CCc4ccccc4)C[C@H]23)cc1. The van der Waals surface area contributed by atoms with Crippen molar-refractivity contribution >= 4 is 17.3 Å². The normalized spacial score (nSPS) is 19.6. The van der Waals surface area contributed by atoms with E-state index in [1.165, 1.54) is 11.6 Å². The second-order valence-corrected chi connectivity index (χ2v) is 9.67. The van der Waals surface area contributed by atoms with Gasteiger partial charge in [0.2, 0.25) is 5.91 Å². The Morgan fingerprint density at radius 2 is 1.78 bits per heavy atom. The molecule has 2 aliphatic heterocycles. The lowest BCUT2D eigenvalue weighted by Gasteiger charge is -2.49. The maximum Gasteiger partial charge on any atom is 0.416 e. The molecule has 194 valence electrons. The minimum absolute atomic E-state index is 0.132. The summed E-state index contributed by atoms with van der Waals surface area (Å²) in [5, 5.41) is 2.98. The second kappa shape index (κ2) is 10.5. The van der Waals surface area contributed by atoms with Gasteiger partial charge < -0.3 is 15.0 Å². The van der Waals surface area contributed by atoms with E-state index in [1.807, 2.05) is 18.2 Å². The number of carbonyl (C=O) groups is 1. The number of anilines is 2. The van der Waals surface area contributed by atoms with Crippen LogP contribution in [0.4, 0.5) is 24.5 Å². The molecular formula is C29H30F3N3O2. The second-order valence-electron chi connectivity index (χ2n) is 9.67. The molecule has 1 N–H and O–H groups in total. The van der Waals surface area contributed by atoms with Crippen molar-refractivity contribution in [2.45, 2.75) is 25.1 Å². The van der Waals surface area contributed by atoms with Crippen molar-refractivity contribution < 1.29 is 22.7 Å². The third-order valence-electron chi connectivity index (χ3n) is 7.38. The molecule has 2 heterocycles. The number of amides is 1. The highest BCUT2D eigenvalue weighted by molar-refractivity contribution is 5.94. The van der Waals surface area contributed by atoms with Crippen molar-refractivity contribution in [2.75, 3.05) is 43.5 Å². The number of fused-ring (bicyclic) bond motifs is 3. The smallest absolute Gasteiger partial charge is 0.416 e. The van der Waals surface area contributed by atoms with Gasteiger partial charge in [-0.2, -0.15) is 13.2 Å². The third kappa shape index (κ3) is 5.59. The quantitative estimate of drug-likeness (QED) is 0.493. The van der Waals surface area contributed by atoms with Crippen LogP contribution in [0.2, 0.25) is 0 Å². The summed E-state index contributed by atoms with van der Waals surface area (Å²) in [7, 11) is 1.57. The van der Waals surface area contributed by atoms with E-state index in [2.05, 4.69) is 27.2 Å². The highest BCUT2D eigenvalue weighted by atomic mass is 19.4. The first kappa shape index (κ1) is 25.1. The molecule has 2 atom stereocenters. The molecule has 0 unspecified atom stereocenters. The van der Waals surface area contributed by atoms with Gasteiger partial charge in [0.15, 0.2) is 0 Å². The lowest BCUT2D eigenvalue weighted by atomic mass is 9.82. The molecule has 8 heteroatoms. The molecule has 3 aromatic carbocycles. The van der Waals surface area contributed by atoms with Crippen molar-refractivity contribution in [3.05, 3.63) is 89.5 Å². The number of methoxy groups -OCH3 is 1. The fourth-order valence-electron chi connectivity index (χ4n) is 5.40. The Bertz CT molecular complexity index is 1230. The average molecular weight is 510 g/mol. The third-order valence-corrected chi connectivity index (χ3v) is 7.38. The molecule has 1 saturated heterocycles. The predicted octanol–water partition coefficient (Wildman–Crippen LogP) is 5.26. The molecule has 3 aromatic rings. The van der Waals surface area contributed by atoms with Gasteiger partial charge in [0.1, 0.15) is 5.75 Å². The first-order chi connectivity index (χ1) is 17.8. The van der Waals surface area contributed by atoms with Crippen LogP contribution in [-0.4, -0.2) is 50.1 Å². The van der Waals surface area contributed by atoms with E-state index in [0.717, 1.165) is 31.3 Å². The van der Waals surface area contributed by atoms with Crippen molar-refractivity contribution in [3.8, 4) is 5.75 Å². The summed E-state index contributed by atoms with van der Waals surface area (Å²) >= 11 is 0. The standard InChI is InChI=1S/C29H30F3N3O2/c1-37-24-10-8-23(9-11-24)33-28(36)25-18-21-17-22(29(30,31)32)7-12-26(21)35-16-15-34(19-27(25)35)14-13-20-5-3-2-4-6-20/h2-12,17,25,27H,13-16,18-19H2,1H3,(H,33,36)/t25-,27+/m0/s1. The first-order valence-corrected chi connectivity index (χ1v) is 12.5. The molecule has 0 radical (unpaired) electrons. The van der Waals surface area contributed by atoms with Crippen LogP contribution in [0.15, 0.2) is 72.8 Å². The van der Waals surface area contributed by atoms with Crippen LogP contribution in [0, 0.1) is 5.92 Å². The first-order valence-electron chi connectivity index (χ1n) is 12.5. The van der Waals surface area contributed by atoms with Crippen molar-refractivity contribution in [1.82, 2.24) is 4.90 Å². The number of nitrogens with zero attached hydrogens (tertiary/aromatic N) is 2. The number of halogens is 3. The minimum Gasteiger partial charge on any atom is -0.497 e. The summed E-state index contributed by atoms with van der Waals surface area (Å²) < 4.78 is 45.6. The van der Waals surface area contributed by atoms with E-state index in [9.17, 15) is 18.0 Å². The van der Waals surface area contributed by atoms with Gasteiger partial charge in [0, 0.05) is 37.6 Å². The van der Waals surface area contributed by atoms with E-state index >= 15 is 0 Å². The number of piperazine rings is 1. The molecule has 0 bridgehead atoms. The summed E-state index contributed by atoms with van der Waals surface area (Å²) in [6.07, 6.45) is -3.26. The maximum atomic E-state index is 13.5. The zero-order valence-electron chi connectivity index (χ0n) is 20.7. The van der Waals surface area contributed by atoms with Gasteiger partial charge in [-0.1, -0.05) is 30.3 Å². The molecule has 1 amide bonds. The van der Waals surface area contributed by atoms with Crippen LogP contribution in [0.5, 0.6) is 5.75 Å². The number of rotatable bonds is 6. The Hall–Kier alpha value is -3.52. The van der Waals surface area contributed by atoms with Gasteiger partial charge >= 0.3 is 6.18 Å². The molecule has 0 aliphatic carbocycles. The summed E-state index contributed by atoms with van der Waals surface area (Å²) in [6.45, 7) is 2.98. The van der Waals surface area contributed by atoms with Crippen molar-refractivity contribution in [1.29, 1.82) is 0 Å². The predicted molar refractivity (Wildman–Crippen MR) is 138 cm³/mol. The van der Waals surface area contributed by atoms with Crippen LogP contribution in [0.1, 0.15) is 16.7 Å². The van der Waals surface area contributed by atoms with Crippen LogP contribution >= 0.6 is 0 Å². The van der Waals surface area contributed by atoms with Gasteiger partial charge in [-0.25, -0.2) is 0 Å². The van der Waals surface area contributed by atoms with Crippen LogP contribution in [0.3, 0.4) is 0 Å². The summed E-state index contributed by atoms with van der Waals surface area (Å²) in [4.78, 5) is 18.0. The Kier molecular flexibility index (Phi) is 7.11. The van der Waals surface area contributed by atoms with Gasteiger partial charge in [-0.3, -0.25) is 9.69 Å². The van der Waals surface area contributed by atoms with Gasteiger partial charge in [0.25, 0.3) is 0 Å². The Labute approximate surface area is 214 Å². The molecule has 1 fully saturated rings. The highest BCUT2D eigenvalue weighted by Gasteiger charge is 2.42. The molecular weight excluding hydrogens is 479 g/mol. The lowest BCUT2D eigenvalue weighted by Crippen LogP contribution is -2.60. The number of hydrogen-bond acceptors (Lipinski definition) is 4. The Morgan fingerprint density at radius 1 is 1.03 bits per heavy atom. The zero-order valence-corrected chi connectivity index (χ0v) is 20.7. The van der Waals surface area contributed by atoms with E-state index in [1.54, 1.807) is 37.4 Å². The van der Waals surface area contributed by atoms with E-state index < -0.39 is 17.7 Å². The van der Waals surface area contributed by atoms with E-state index in [4.69, 9.17) is 4.74 Å². The minimum atomic E-state index is -4.43. The van der Waals surface area contributed by atoms with Crippen LogP contribution < -0.4 is 15.0 Å². The fraction of sp³-hybridized carbons (Fsp3) is 0.345. The van der Waals surface area contributed by atoms with Crippen LogP contribution in [0.25, 0.3) is 0 Å². The Balaban J connectivity index is 1.39. The largest absolute Gasteiger partial charge is 0.497 e. The van der Waals surface area contributed by atoms with E-state index in [0.29, 0.717) is 30.1 Å². The molecule has 0 saturated carbocycles. The number of nitrogens with one attached hydrogen (secondary N) is 1. The Morgan fingerprint density at radius 3 is 2.49 bits per heavy atom. The molecule has 5 nitrogen and oxygen atoms in total. The monoisotopic (exact) mass is 509 g/mol. The molecule has 0 aromatic heterocycles. The molecule has 5 rings (SSSR count). The summed E-state index contributed by atoms with van der Waals surface area (Å²) in [5.74, 6) is 0.00235. The lowest BCUT2D eigenvalue weighted by molar-refractivity contribution is -0.137. The van der Waals surface area contributed by atoms with E-state index in [-0.39, 0.29) is 18.4 Å². The zero-order chi connectivity index (χ0) is 26.0. The van der Waals surface area contributed by atoms with Crippen molar-refractivity contribution in [2.24, 2.45) is 5.92 Å². The maximum absolute atomic E-state index is 13.5. The van der Waals surface area contributed by atoms with Crippen molar-refractivity contribution in [3.63, 3.8) is 0 Å².